The lowest BCUT2D eigenvalue weighted by Gasteiger charge is -2.36. The standard InChI is InChI=1S/C15H28N2O3/c1-12(13(2)17-7-9-20-10-8-17)16-14(18)11-15(19)5-3-4-6-15/h12-13,19H,3-11H2,1-2H3,(H,16,18). The molecule has 1 saturated heterocycles. The number of nitrogens with zero attached hydrogens (tertiary/aromatic N) is 1. The second-order valence-electron chi connectivity index (χ2n) is 6.35. The van der Waals surface area contributed by atoms with Crippen molar-refractivity contribution in [1.29, 1.82) is 0 Å². The van der Waals surface area contributed by atoms with Gasteiger partial charge in [0, 0.05) is 25.2 Å². The summed E-state index contributed by atoms with van der Waals surface area (Å²) in [6.07, 6.45) is 3.82. The molecule has 2 aliphatic rings. The fourth-order valence-corrected chi connectivity index (χ4v) is 3.24. The first-order valence-electron chi connectivity index (χ1n) is 7.84. The van der Waals surface area contributed by atoms with Crippen LogP contribution in [0.2, 0.25) is 0 Å². The molecule has 0 spiro atoms. The minimum atomic E-state index is -0.758. The lowest BCUT2D eigenvalue weighted by atomic mass is 9.97. The fraction of sp³-hybridized carbons (Fsp3) is 0.933. The minimum absolute atomic E-state index is 0.0259. The first-order valence-corrected chi connectivity index (χ1v) is 7.84. The molecule has 0 aromatic heterocycles. The van der Waals surface area contributed by atoms with E-state index in [2.05, 4.69) is 17.1 Å². The Balaban J connectivity index is 1.77. The van der Waals surface area contributed by atoms with Gasteiger partial charge in [0.1, 0.15) is 0 Å². The molecule has 0 aromatic carbocycles. The van der Waals surface area contributed by atoms with Crippen LogP contribution in [0.15, 0.2) is 0 Å². The van der Waals surface area contributed by atoms with Crippen molar-refractivity contribution in [2.24, 2.45) is 0 Å². The summed E-state index contributed by atoms with van der Waals surface area (Å²) >= 11 is 0. The van der Waals surface area contributed by atoms with Crippen molar-refractivity contribution in [1.82, 2.24) is 10.2 Å². The van der Waals surface area contributed by atoms with Gasteiger partial charge in [-0.1, -0.05) is 12.8 Å². The molecule has 1 saturated carbocycles. The Morgan fingerprint density at radius 2 is 1.90 bits per heavy atom. The van der Waals surface area contributed by atoms with Gasteiger partial charge in [-0.15, -0.1) is 0 Å². The summed E-state index contributed by atoms with van der Waals surface area (Å²) in [5, 5.41) is 13.3. The molecule has 0 radical (unpaired) electrons. The molecular weight excluding hydrogens is 256 g/mol. The smallest absolute Gasteiger partial charge is 0.223 e. The molecule has 2 fully saturated rings. The highest BCUT2D eigenvalue weighted by molar-refractivity contribution is 5.77. The monoisotopic (exact) mass is 284 g/mol. The topological polar surface area (TPSA) is 61.8 Å². The summed E-state index contributed by atoms with van der Waals surface area (Å²) in [6.45, 7) is 7.56. The van der Waals surface area contributed by atoms with Gasteiger partial charge in [-0.2, -0.15) is 0 Å². The molecule has 5 heteroatoms. The van der Waals surface area contributed by atoms with Gasteiger partial charge in [-0.05, 0) is 26.7 Å². The molecular formula is C15H28N2O3. The molecule has 2 unspecified atom stereocenters. The average Bonchev–Trinajstić information content (AvgIpc) is 2.84. The zero-order valence-electron chi connectivity index (χ0n) is 12.7. The lowest BCUT2D eigenvalue weighted by molar-refractivity contribution is -0.127. The van der Waals surface area contributed by atoms with Crippen LogP contribution in [-0.2, 0) is 9.53 Å². The normalized spacial score (nSPS) is 26.1. The fourth-order valence-electron chi connectivity index (χ4n) is 3.24. The SMILES string of the molecule is CC(NC(=O)CC1(O)CCCC1)C(C)N1CCOCC1. The van der Waals surface area contributed by atoms with Crippen molar-refractivity contribution in [3.05, 3.63) is 0 Å². The third-order valence-electron chi connectivity index (χ3n) is 4.76. The summed E-state index contributed by atoms with van der Waals surface area (Å²) in [6, 6.07) is 0.381. The van der Waals surface area contributed by atoms with E-state index >= 15 is 0 Å². The molecule has 1 heterocycles. The molecule has 2 rings (SSSR count). The van der Waals surface area contributed by atoms with Gasteiger partial charge in [-0.25, -0.2) is 0 Å². The van der Waals surface area contributed by atoms with E-state index in [0.717, 1.165) is 52.0 Å². The maximum atomic E-state index is 12.1. The number of carbonyl (C=O) groups is 1. The van der Waals surface area contributed by atoms with Crippen LogP contribution in [0.25, 0.3) is 0 Å². The van der Waals surface area contributed by atoms with E-state index in [0.29, 0.717) is 6.04 Å². The molecule has 0 bridgehead atoms. The van der Waals surface area contributed by atoms with E-state index in [1.807, 2.05) is 6.92 Å². The van der Waals surface area contributed by atoms with E-state index in [4.69, 9.17) is 4.74 Å². The summed E-state index contributed by atoms with van der Waals surface area (Å²) in [4.78, 5) is 14.4. The second kappa shape index (κ2) is 6.87. The number of rotatable bonds is 5. The van der Waals surface area contributed by atoms with E-state index in [9.17, 15) is 9.90 Å². The van der Waals surface area contributed by atoms with Crippen LogP contribution >= 0.6 is 0 Å². The largest absolute Gasteiger partial charge is 0.389 e. The number of hydrogen-bond acceptors (Lipinski definition) is 4. The number of amides is 1. The summed E-state index contributed by atoms with van der Waals surface area (Å²) in [5.74, 6) is -0.0259. The summed E-state index contributed by atoms with van der Waals surface area (Å²) in [7, 11) is 0. The van der Waals surface area contributed by atoms with E-state index < -0.39 is 5.60 Å². The minimum Gasteiger partial charge on any atom is -0.389 e. The van der Waals surface area contributed by atoms with Crippen LogP contribution in [0.3, 0.4) is 0 Å². The molecule has 20 heavy (non-hydrogen) atoms. The Morgan fingerprint density at radius 1 is 1.30 bits per heavy atom. The molecule has 2 atom stereocenters. The molecule has 5 nitrogen and oxygen atoms in total. The number of hydrogen-bond donors (Lipinski definition) is 2. The van der Waals surface area contributed by atoms with Gasteiger partial charge in [0.15, 0.2) is 0 Å². The quantitative estimate of drug-likeness (QED) is 0.788. The Kier molecular flexibility index (Phi) is 5.41. The van der Waals surface area contributed by atoms with Crippen LogP contribution in [0.4, 0.5) is 0 Å². The Hall–Kier alpha value is -0.650. The van der Waals surface area contributed by atoms with Crippen LogP contribution in [0.1, 0.15) is 46.0 Å². The molecule has 1 aliphatic carbocycles. The van der Waals surface area contributed by atoms with Crippen molar-refractivity contribution in [3.63, 3.8) is 0 Å². The highest BCUT2D eigenvalue weighted by atomic mass is 16.5. The number of ether oxygens (including phenoxy) is 1. The first-order chi connectivity index (χ1) is 9.50. The zero-order valence-corrected chi connectivity index (χ0v) is 12.7. The van der Waals surface area contributed by atoms with Gasteiger partial charge < -0.3 is 15.2 Å². The van der Waals surface area contributed by atoms with Crippen LogP contribution in [0, 0.1) is 0 Å². The molecule has 2 N–H and O–H groups in total. The van der Waals surface area contributed by atoms with Crippen molar-refractivity contribution >= 4 is 5.91 Å². The maximum Gasteiger partial charge on any atom is 0.223 e. The summed E-state index contributed by atoms with van der Waals surface area (Å²) < 4.78 is 5.35. The molecule has 0 aromatic rings. The molecule has 1 aliphatic heterocycles. The van der Waals surface area contributed by atoms with E-state index in [1.54, 1.807) is 0 Å². The predicted molar refractivity (Wildman–Crippen MR) is 77.5 cm³/mol. The van der Waals surface area contributed by atoms with Crippen LogP contribution < -0.4 is 5.32 Å². The number of carbonyl (C=O) groups excluding carboxylic acids is 1. The highest BCUT2D eigenvalue weighted by Crippen LogP contribution is 2.32. The Bertz CT molecular complexity index is 323. The second-order valence-corrected chi connectivity index (χ2v) is 6.35. The summed E-state index contributed by atoms with van der Waals surface area (Å²) in [5.41, 5.74) is -0.758. The third-order valence-corrected chi connectivity index (χ3v) is 4.76. The van der Waals surface area contributed by atoms with Gasteiger partial charge in [0.05, 0.1) is 25.2 Å². The number of nitrogens with one attached hydrogen (secondary N) is 1. The number of morpholine rings is 1. The average molecular weight is 284 g/mol. The van der Waals surface area contributed by atoms with Crippen molar-refractivity contribution < 1.29 is 14.6 Å². The van der Waals surface area contributed by atoms with E-state index in [1.165, 1.54) is 0 Å². The maximum absolute atomic E-state index is 12.1. The first kappa shape index (κ1) is 15.7. The predicted octanol–water partition coefficient (Wildman–Crippen LogP) is 0.907. The molecule has 1 amide bonds. The van der Waals surface area contributed by atoms with E-state index in [-0.39, 0.29) is 18.4 Å². The Morgan fingerprint density at radius 3 is 2.50 bits per heavy atom. The number of aliphatic hydroxyl groups is 1. The van der Waals surface area contributed by atoms with Crippen LogP contribution in [-0.4, -0.2) is 59.9 Å². The van der Waals surface area contributed by atoms with Crippen molar-refractivity contribution in [2.45, 2.75) is 63.6 Å². The van der Waals surface area contributed by atoms with Gasteiger partial charge in [0.2, 0.25) is 5.91 Å². The highest BCUT2D eigenvalue weighted by Gasteiger charge is 2.34. The van der Waals surface area contributed by atoms with Gasteiger partial charge >= 0.3 is 0 Å². The van der Waals surface area contributed by atoms with Gasteiger partial charge in [0.25, 0.3) is 0 Å². The lowest BCUT2D eigenvalue weighted by Crippen LogP contribution is -2.52. The van der Waals surface area contributed by atoms with Crippen molar-refractivity contribution in [2.75, 3.05) is 26.3 Å². The van der Waals surface area contributed by atoms with Crippen molar-refractivity contribution in [3.8, 4) is 0 Å². The molecule has 116 valence electrons. The Labute approximate surface area is 121 Å². The third kappa shape index (κ3) is 4.17. The van der Waals surface area contributed by atoms with Crippen LogP contribution in [0.5, 0.6) is 0 Å². The van der Waals surface area contributed by atoms with Gasteiger partial charge in [-0.3, -0.25) is 9.69 Å². The zero-order chi connectivity index (χ0) is 14.6.